The molecular formula is C16H22N4. The van der Waals surface area contributed by atoms with Crippen molar-refractivity contribution in [3.05, 3.63) is 41.7 Å². The molecule has 0 atom stereocenters. The summed E-state index contributed by atoms with van der Waals surface area (Å²) in [4.78, 5) is 8.72. The molecule has 3 N–H and O–H groups in total. The molecule has 0 aliphatic heterocycles. The molecule has 0 aliphatic rings. The summed E-state index contributed by atoms with van der Waals surface area (Å²) in [5.41, 5.74) is 8.19. The number of hydrogen-bond donors (Lipinski definition) is 2. The van der Waals surface area contributed by atoms with E-state index in [1.807, 2.05) is 0 Å². The molecule has 0 saturated carbocycles. The van der Waals surface area contributed by atoms with Crippen LogP contribution >= 0.6 is 0 Å². The third kappa shape index (κ3) is 3.70. The molecule has 2 aromatic rings. The Morgan fingerprint density at radius 3 is 2.45 bits per heavy atom. The van der Waals surface area contributed by atoms with Gasteiger partial charge in [0.15, 0.2) is 0 Å². The van der Waals surface area contributed by atoms with E-state index < -0.39 is 0 Å². The Labute approximate surface area is 120 Å². The second kappa shape index (κ2) is 6.37. The number of nitrogens with zero attached hydrogens (tertiary/aromatic N) is 2. The molecule has 1 heterocycles. The molecule has 106 valence electrons. The summed E-state index contributed by atoms with van der Waals surface area (Å²) in [5.74, 6) is 2.25. The second-order valence-corrected chi connectivity index (χ2v) is 5.26. The van der Waals surface area contributed by atoms with Crippen LogP contribution in [0.25, 0.3) is 0 Å². The van der Waals surface area contributed by atoms with Crippen LogP contribution in [0.1, 0.15) is 44.5 Å². The van der Waals surface area contributed by atoms with Gasteiger partial charge in [-0.15, -0.1) is 0 Å². The zero-order valence-corrected chi connectivity index (χ0v) is 12.4. The van der Waals surface area contributed by atoms with Crippen LogP contribution in [0.4, 0.5) is 17.3 Å². The van der Waals surface area contributed by atoms with Crippen LogP contribution in [-0.4, -0.2) is 9.97 Å². The first-order valence-electron chi connectivity index (χ1n) is 7.09. The van der Waals surface area contributed by atoms with Crippen LogP contribution in [0, 0.1) is 0 Å². The van der Waals surface area contributed by atoms with Gasteiger partial charge in [0.1, 0.15) is 17.5 Å². The molecule has 4 nitrogen and oxygen atoms in total. The highest BCUT2D eigenvalue weighted by Gasteiger charge is 2.06. The van der Waals surface area contributed by atoms with Crippen LogP contribution in [0.15, 0.2) is 30.3 Å². The Hall–Kier alpha value is -2.10. The molecule has 0 fully saturated rings. The average Bonchev–Trinajstić information content (AvgIpc) is 2.40. The van der Waals surface area contributed by atoms with Crippen molar-refractivity contribution in [3.63, 3.8) is 0 Å². The van der Waals surface area contributed by atoms with Crippen molar-refractivity contribution in [2.24, 2.45) is 0 Å². The highest BCUT2D eigenvalue weighted by molar-refractivity contribution is 5.58. The van der Waals surface area contributed by atoms with Gasteiger partial charge in [-0.25, -0.2) is 9.97 Å². The first-order valence-corrected chi connectivity index (χ1v) is 7.09. The lowest BCUT2D eigenvalue weighted by molar-refractivity contribution is 0.779. The van der Waals surface area contributed by atoms with Crippen molar-refractivity contribution < 1.29 is 0 Å². The summed E-state index contributed by atoms with van der Waals surface area (Å²) in [6.07, 6.45) is 2.27. The normalized spacial score (nSPS) is 10.8. The molecule has 0 amide bonds. The van der Waals surface area contributed by atoms with Gasteiger partial charge in [0, 0.05) is 17.7 Å². The van der Waals surface area contributed by atoms with E-state index >= 15 is 0 Å². The van der Waals surface area contributed by atoms with E-state index in [0.717, 1.165) is 30.2 Å². The van der Waals surface area contributed by atoms with Gasteiger partial charge < -0.3 is 11.1 Å². The van der Waals surface area contributed by atoms with Crippen LogP contribution in [0.2, 0.25) is 0 Å². The molecule has 4 heteroatoms. The Balaban J connectivity index is 2.16. The molecule has 0 aliphatic carbocycles. The lowest BCUT2D eigenvalue weighted by Gasteiger charge is -2.10. The maximum absolute atomic E-state index is 5.82. The molecule has 20 heavy (non-hydrogen) atoms. The molecule has 0 bridgehead atoms. The zero-order valence-electron chi connectivity index (χ0n) is 12.4. The molecule has 1 aromatic heterocycles. The first-order chi connectivity index (χ1) is 9.58. The summed E-state index contributed by atoms with van der Waals surface area (Å²) in [5, 5.41) is 3.28. The fraction of sp³-hybridized carbons (Fsp3) is 0.375. The third-order valence-corrected chi connectivity index (χ3v) is 3.04. The average molecular weight is 270 g/mol. The van der Waals surface area contributed by atoms with Gasteiger partial charge in [-0.3, -0.25) is 0 Å². The second-order valence-electron chi connectivity index (χ2n) is 5.26. The predicted octanol–water partition coefficient (Wildman–Crippen LogP) is 3.88. The fourth-order valence-corrected chi connectivity index (χ4v) is 2.00. The Kier molecular flexibility index (Phi) is 4.56. The molecular weight excluding hydrogens is 248 g/mol. The number of hydrogen-bond acceptors (Lipinski definition) is 4. The van der Waals surface area contributed by atoms with Crippen LogP contribution < -0.4 is 11.1 Å². The van der Waals surface area contributed by atoms with E-state index in [-0.39, 0.29) is 5.92 Å². The van der Waals surface area contributed by atoms with Crippen LogP contribution in [0.5, 0.6) is 0 Å². The van der Waals surface area contributed by atoms with E-state index in [1.165, 1.54) is 5.56 Å². The van der Waals surface area contributed by atoms with E-state index in [9.17, 15) is 0 Å². The molecule has 0 spiro atoms. The highest BCUT2D eigenvalue weighted by atomic mass is 15.1. The van der Waals surface area contributed by atoms with Crippen molar-refractivity contribution in [1.82, 2.24) is 9.97 Å². The lowest BCUT2D eigenvalue weighted by Crippen LogP contribution is -2.04. The smallest absolute Gasteiger partial charge is 0.136 e. The zero-order chi connectivity index (χ0) is 14.5. The largest absolute Gasteiger partial charge is 0.384 e. The Bertz CT molecular complexity index is 561. The molecule has 2 rings (SSSR count). The van der Waals surface area contributed by atoms with Gasteiger partial charge in [0.05, 0.1) is 0 Å². The summed E-state index contributed by atoms with van der Waals surface area (Å²) < 4.78 is 0. The van der Waals surface area contributed by atoms with Crippen LogP contribution in [0.3, 0.4) is 0 Å². The third-order valence-electron chi connectivity index (χ3n) is 3.04. The fourth-order valence-electron chi connectivity index (χ4n) is 2.00. The topological polar surface area (TPSA) is 63.8 Å². The Morgan fingerprint density at radius 2 is 1.85 bits per heavy atom. The predicted molar refractivity (Wildman–Crippen MR) is 84.3 cm³/mol. The SMILES string of the molecule is CCCc1ccc(Nc2cc(N)nc(C(C)C)n2)cc1. The summed E-state index contributed by atoms with van der Waals surface area (Å²) in [6.45, 7) is 6.29. The van der Waals surface area contributed by atoms with Gasteiger partial charge in [-0.05, 0) is 24.1 Å². The highest BCUT2D eigenvalue weighted by Crippen LogP contribution is 2.19. The van der Waals surface area contributed by atoms with Gasteiger partial charge in [-0.2, -0.15) is 0 Å². The minimum Gasteiger partial charge on any atom is -0.384 e. The minimum atomic E-state index is 0.256. The van der Waals surface area contributed by atoms with Crippen molar-refractivity contribution in [3.8, 4) is 0 Å². The van der Waals surface area contributed by atoms with Crippen molar-refractivity contribution in [1.29, 1.82) is 0 Å². The Morgan fingerprint density at radius 1 is 1.15 bits per heavy atom. The van der Waals surface area contributed by atoms with Crippen molar-refractivity contribution in [2.45, 2.75) is 39.5 Å². The number of anilines is 3. The maximum Gasteiger partial charge on any atom is 0.136 e. The summed E-state index contributed by atoms with van der Waals surface area (Å²) >= 11 is 0. The van der Waals surface area contributed by atoms with Gasteiger partial charge in [-0.1, -0.05) is 39.3 Å². The summed E-state index contributed by atoms with van der Waals surface area (Å²) in [6, 6.07) is 10.2. The number of nitrogens with one attached hydrogen (secondary N) is 1. The van der Waals surface area contributed by atoms with Crippen molar-refractivity contribution >= 4 is 17.3 Å². The monoisotopic (exact) mass is 270 g/mol. The lowest BCUT2D eigenvalue weighted by atomic mass is 10.1. The number of nitrogens with two attached hydrogens (primary N) is 1. The van der Waals surface area contributed by atoms with E-state index in [4.69, 9.17) is 5.73 Å². The number of nitrogen functional groups attached to an aromatic ring is 1. The number of aromatic nitrogens is 2. The molecule has 0 unspecified atom stereocenters. The van der Waals surface area contributed by atoms with E-state index in [0.29, 0.717) is 5.82 Å². The van der Waals surface area contributed by atoms with Gasteiger partial charge in [0.25, 0.3) is 0 Å². The minimum absolute atomic E-state index is 0.256. The molecule has 1 aromatic carbocycles. The molecule has 0 saturated heterocycles. The van der Waals surface area contributed by atoms with Crippen LogP contribution in [-0.2, 0) is 6.42 Å². The number of rotatable bonds is 5. The van der Waals surface area contributed by atoms with Gasteiger partial charge >= 0.3 is 0 Å². The number of benzene rings is 1. The maximum atomic E-state index is 5.82. The van der Waals surface area contributed by atoms with Gasteiger partial charge in [0.2, 0.25) is 0 Å². The standard InChI is InChI=1S/C16H22N4/c1-4-5-12-6-8-13(9-7-12)18-15-10-14(17)19-16(20-15)11(2)3/h6-11H,4-5H2,1-3H3,(H3,17,18,19,20). The quantitative estimate of drug-likeness (QED) is 0.865. The first kappa shape index (κ1) is 14.3. The summed E-state index contributed by atoms with van der Waals surface area (Å²) in [7, 11) is 0. The van der Waals surface area contributed by atoms with E-state index in [1.54, 1.807) is 6.07 Å². The van der Waals surface area contributed by atoms with E-state index in [2.05, 4.69) is 60.3 Å². The van der Waals surface area contributed by atoms with Crippen molar-refractivity contribution in [2.75, 3.05) is 11.1 Å². The number of aryl methyl sites for hydroxylation is 1. The molecule has 0 radical (unpaired) electrons.